The van der Waals surface area contributed by atoms with Crippen LogP contribution in [0.1, 0.15) is 31.9 Å². The molecule has 0 amide bonds. The van der Waals surface area contributed by atoms with E-state index in [1.807, 2.05) is 6.07 Å². The van der Waals surface area contributed by atoms with Crippen LogP contribution in [0, 0.1) is 6.92 Å². The van der Waals surface area contributed by atoms with Gasteiger partial charge in [0.25, 0.3) is 0 Å². The molecule has 0 atom stereocenters. The SMILES string of the molecule is COc1c(-c2cc(N)no2)cc(C)cc1C(C)(C)C. The first kappa shape index (κ1) is 13.5. The predicted octanol–water partition coefficient (Wildman–Crippen LogP) is 3.54. The van der Waals surface area contributed by atoms with Crippen molar-refractivity contribution in [2.75, 3.05) is 12.8 Å². The quantitative estimate of drug-likeness (QED) is 0.897. The number of hydrogen-bond acceptors (Lipinski definition) is 4. The third-order valence-corrected chi connectivity index (χ3v) is 3.04. The zero-order valence-electron chi connectivity index (χ0n) is 12.1. The largest absolute Gasteiger partial charge is 0.496 e. The van der Waals surface area contributed by atoms with Crippen LogP contribution in [0.2, 0.25) is 0 Å². The molecule has 4 heteroatoms. The number of aryl methyl sites for hydroxylation is 1. The van der Waals surface area contributed by atoms with Crippen LogP contribution in [-0.4, -0.2) is 12.3 Å². The molecule has 102 valence electrons. The van der Waals surface area contributed by atoms with Crippen molar-refractivity contribution < 1.29 is 9.26 Å². The third-order valence-electron chi connectivity index (χ3n) is 3.04. The number of nitrogen functional groups attached to an aromatic ring is 1. The molecule has 4 nitrogen and oxygen atoms in total. The summed E-state index contributed by atoms with van der Waals surface area (Å²) in [5.74, 6) is 1.81. The molecular weight excluding hydrogens is 240 g/mol. The molecule has 1 aromatic heterocycles. The van der Waals surface area contributed by atoms with Crippen LogP contribution in [0.3, 0.4) is 0 Å². The number of hydrogen-bond donors (Lipinski definition) is 1. The van der Waals surface area contributed by atoms with Gasteiger partial charge in [-0.3, -0.25) is 0 Å². The van der Waals surface area contributed by atoms with Gasteiger partial charge in [0.05, 0.1) is 12.7 Å². The lowest BCUT2D eigenvalue weighted by Gasteiger charge is -2.24. The summed E-state index contributed by atoms with van der Waals surface area (Å²) in [4.78, 5) is 0. The summed E-state index contributed by atoms with van der Waals surface area (Å²) in [6, 6.07) is 5.87. The first-order chi connectivity index (χ1) is 8.82. The molecule has 0 aliphatic carbocycles. The Bertz CT molecular complexity index is 595. The molecule has 0 spiro atoms. The second-order valence-corrected chi connectivity index (χ2v) is 5.76. The molecule has 1 heterocycles. The lowest BCUT2D eigenvalue weighted by Crippen LogP contribution is -2.13. The minimum Gasteiger partial charge on any atom is -0.496 e. The highest BCUT2D eigenvalue weighted by atomic mass is 16.5. The lowest BCUT2D eigenvalue weighted by molar-refractivity contribution is 0.392. The Balaban J connectivity index is 2.70. The summed E-state index contributed by atoms with van der Waals surface area (Å²) in [7, 11) is 1.67. The normalized spacial score (nSPS) is 11.6. The van der Waals surface area contributed by atoms with E-state index in [2.05, 4.69) is 38.9 Å². The molecule has 0 saturated carbocycles. The standard InChI is InChI=1S/C15H20N2O2/c1-9-6-10(12-8-13(16)17-19-12)14(18-5)11(7-9)15(2,3)4/h6-8H,1-5H3,(H2,16,17). The van der Waals surface area contributed by atoms with Gasteiger partial charge in [-0.2, -0.15) is 0 Å². The summed E-state index contributed by atoms with van der Waals surface area (Å²) in [6.07, 6.45) is 0. The van der Waals surface area contributed by atoms with Crippen LogP contribution in [0.25, 0.3) is 11.3 Å². The van der Waals surface area contributed by atoms with Gasteiger partial charge in [-0.1, -0.05) is 32.0 Å². The van der Waals surface area contributed by atoms with E-state index in [1.165, 1.54) is 0 Å². The Kier molecular flexibility index (Phi) is 3.27. The first-order valence-corrected chi connectivity index (χ1v) is 6.24. The van der Waals surface area contributed by atoms with Gasteiger partial charge in [0.1, 0.15) is 5.75 Å². The third kappa shape index (κ3) is 2.57. The maximum atomic E-state index is 5.62. The van der Waals surface area contributed by atoms with E-state index in [0.717, 1.165) is 22.4 Å². The van der Waals surface area contributed by atoms with Crippen LogP contribution >= 0.6 is 0 Å². The van der Waals surface area contributed by atoms with Crippen LogP contribution in [0.15, 0.2) is 22.7 Å². The second-order valence-electron chi connectivity index (χ2n) is 5.76. The molecule has 0 aliphatic heterocycles. The molecule has 2 rings (SSSR count). The van der Waals surface area contributed by atoms with E-state index in [1.54, 1.807) is 13.2 Å². The van der Waals surface area contributed by atoms with Gasteiger partial charge in [0.15, 0.2) is 11.6 Å². The summed E-state index contributed by atoms with van der Waals surface area (Å²) in [5, 5.41) is 3.74. The molecule has 2 N–H and O–H groups in total. The average molecular weight is 260 g/mol. The average Bonchev–Trinajstić information content (AvgIpc) is 2.73. The van der Waals surface area contributed by atoms with Gasteiger partial charge in [-0.05, 0) is 24.0 Å². The Hall–Kier alpha value is -1.97. The Morgan fingerprint density at radius 1 is 1.21 bits per heavy atom. The first-order valence-electron chi connectivity index (χ1n) is 6.24. The van der Waals surface area contributed by atoms with Crippen molar-refractivity contribution >= 4 is 5.82 Å². The fraction of sp³-hybridized carbons (Fsp3) is 0.400. The van der Waals surface area contributed by atoms with Gasteiger partial charge >= 0.3 is 0 Å². The van der Waals surface area contributed by atoms with Crippen molar-refractivity contribution in [2.24, 2.45) is 0 Å². The van der Waals surface area contributed by atoms with Crippen molar-refractivity contribution in [3.8, 4) is 17.1 Å². The predicted molar refractivity (Wildman–Crippen MR) is 76.3 cm³/mol. The fourth-order valence-corrected chi connectivity index (χ4v) is 2.15. The Morgan fingerprint density at radius 3 is 2.37 bits per heavy atom. The number of nitrogens with two attached hydrogens (primary N) is 1. The van der Waals surface area contributed by atoms with E-state index in [9.17, 15) is 0 Å². The summed E-state index contributed by atoms with van der Waals surface area (Å²) in [6.45, 7) is 8.52. The minimum atomic E-state index is -0.0162. The van der Waals surface area contributed by atoms with E-state index in [4.69, 9.17) is 15.0 Å². The Labute approximate surface area is 113 Å². The van der Waals surface area contributed by atoms with Gasteiger partial charge < -0.3 is 15.0 Å². The van der Waals surface area contributed by atoms with Crippen molar-refractivity contribution in [1.29, 1.82) is 0 Å². The van der Waals surface area contributed by atoms with Gasteiger partial charge in [-0.15, -0.1) is 0 Å². The summed E-state index contributed by atoms with van der Waals surface area (Å²) in [5.41, 5.74) is 8.78. The molecule has 0 unspecified atom stereocenters. The molecule has 19 heavy (non-hydrogen) atoms. The number of benzene rings is 1. The zero-order chi connectivity index (χ0) is 14.2. The molecule has 2 aromatic rings. The smallest absolute Gasteiger partial charge is 0.172 e. The highest BCUT2D eigenvalue weighted by Gasteiger charge is 2.23. The van der Waals surface area contributed by atoms with Crippen LogP contribution in [-0.2, 0) is 5.41 Å². The number of anilines is 1. The lowest BCUT2D eigenvalue weighted by atomic mass is 9.84. The molecule has 0 bridgehead atoms. The monoisotopic (exact) mass is 260 g/mol. The minimum absolute atomic E-state index is 0.0162. The molecule has 0 aliphatic rings. The van der Waals surface area contributed by atoms with Gasteiger partial charge in [-0.25, -0.2) is 0 Å². The van der Waals surface area contributed by atoms with Crippen molar-refractivity contribution in [2.45, 2.75) is 33.1 Å². The number of rotatable bonds is 2. The number of ether oxygens (including phenoxy) is 1. The maximum absolute atomic E-state index is 5.62. The summed E-state index contributed by atoms with van der Waals surface area (Å²) < 4.78 is 10.9. The molecule has 0 saturated heterocycles. The fourth-order valence-electron chi connectivity index (χ4n) is 2.15. The zero-order valence-corrected chi connectivity index (χ0v) is 12.1. The van der Waals surface area contributed by atoms with Gasteiger partial charge in [0.2, 0.25) is 0 Å². The van der Waals surface area contributed by atoms with E-state index in [-0.39, 0.29) is 5.41 Å². The molecule has 0 fully saturated rings. The highest BCUT2D eigenvalue weighted by Crippen LogP contribution is 2.40. The van der Waals surface area contributed by atoms with Crippen LogP contribution in [0.5, 0.6) is 5.75 Å². The van der Waals surface area contributed by atoms with E-state index in [0.29, 0.717) is 11.6 Å². The van der Waals surface area contributed by atoms with Crippen LogP contribution < -0.4 is 10.5 Å². The molecule has 1 aromatic carbocycles. The Morgan fingerprint density at radius 2 is 1.89 bits per heavy atom. The van der Waals surface area contributed by atoms with Gasteiger partial charge in [0, 0.05) is 11.6 Å². The summed E-state index contributed by atoms with van der Waals surface area (Å²) >= 11 is 0. The molecule has 0 radical (unpaired) electrons. The van der Waals surface area contributed by atoms with Crippen molar-refractivity contribution in [3.63, 3.8) is 0 Å². The topological polar surface area (TPSA) is 61.3 Å². The maximum Gasteiger partial charge on any atom is 0.172 e. The van der Waals surface area contributed by atoms with E-state index < -0.39 is 0 Å². The second kappa shape index (κ2) is 4.61. The van der Waals surface area contributed by atoms with E-state index >= 15 is 0 Å². The molecular formula is C15H20N2O2. The number of aromatic nitrogens is 1. The van der Waals surface area contributed by atoms with Crippen molar-refractivity contribution in [1.82, 2.24) is 5.16 Å². The van der Waals surface area contributed by atoms with Crippen molar-refractivity contribution in [3.05, 3.63) is 29.3 Å². The number of methoxy groups -OCH3 is 1. The van der Waals surface area contributed by atoms with Crippen LogP contribution in [0.4, 0.5) is 5.82 Å². The highest BCUT2D eigenvalue weighted by molar-refractivity contribution is 5.71. The number of nitrogens with zero attached hydrogens (tertiary/aromatic N) is 1.